The van der Waals surface area contributed by atoms with Crippen molar-refractivity contribution >= 4 is 11.0 Å². The SMILES string of the molecule is C[N+](C)(C)CCCCCCCCOc1c(-c2ccc(OCc3ccccc3)c(OCc3ccccc3)c2)oc2ccccc2c1=O. The minimum absolute atomic E-state index is 0.173. The van der Waals surface area contributed by atoms with E-state index in [2.05, 4.69) is 21.1 Å². The lowest BCUT2D eigenvalue weighted by molar-refractivity contribution is -0.870. The van der Waals surface area contributed by atoms with Crippen molar-refractivity contribution in [3.63, 3.8) is 0 Å². The second kappa shape index (κ2) is 16.1. The zero-order valence-electron chi connectivity index (χ0n) is 27.4. The van der Waals surface area contributed by atoms with E-state index in [0.29, 0.717) is 53.6 Å². The molecule has 6 nitrogen and oxygen atoms in total. The molecule has 0 aliphatic carbocycles. The summed E-state index contributed by atoms with van der Waals surface area (Å²) in [6.45, 7) is 2.41. The predicted molar refractivity (Wildman–Crippen MR) is 186 cm³/mol. The molecule has 0 fully saturated rings. The van der Waals surface area contributed by atoms with Crippen LogP contribution in [0.2, 0.25) is 0 Å². The molecule has 0 amide bonds. The van der Waals surface area contributed by atoms with Gasteiger partial charge in [-0.25, -0.2) is 0 Å². The fourth-order valence-corrected chi connectivity index (χ4v) is 5.37. The van der Waals surface area contributed by atoms with E-state index in [-0.39, 0.29) is 11.2 Å². The monoisotopic (exact) mass is 620 g/mol. The standard InChI is InChI=1S/C40H46NO5/c1-41(2,3)26-16-6-4-5-7-17-27-43-40-38(42)34-22-14-15-23-35(34)46-39(40)33-24-25-36(44-29-31-18-10-8-11-19-31)37(28-33)45-30-32-20-12-9-13-21-32/h8-15,18-25,28H,4-7,16-17,26-27,29-30H2,1-3H3/q+1. The van der Waals surface area contributed by atoms with Gasteiger partial charge in [0.1, 0.15) is 18.8 Å². The first-order valence-electron chi connectivity index (χ1n) is 16.3. The van der Waals surface area contributed by atoms with Gasteiger partial charge in [-0.1, -0.05) is 92.1 Å². The lowest BCUT2D eigenvalue weighted by Crippen LogP contribution is -2.35. The molecular formula is C40H46NO5+. The lowest BCUT2D eigenvalue weighted by atomic mass is 10.1. The number of unbranched alkanes of at least 4 members (excludes halogenated alkanes) is 5. The molecule has 240 valence electrons. The number of hydrogen-bond acceptors (Lipinski definition) is 5. The van der Waals surface area contributed by atoms with Gasteiger partial charge in [0.25, 0.3) is 0 Å². The second-order valence-corrected chi connectivity index (χ2v) is 12.8. The van der Waals surface area contributed by atoms with Crippen molar-refractivity contribution in [3.05, 3.63) is 124 Å². The van der Waals surface area contributed by atoms with Gasteiger partial charge in [-0.2, -0.15) is 0 Å². The number of benzene rings is 4. The average Bonchev–Trinajstić information content (AvgIpc) is 3.07. The fourth-order valence-electron chi connectivity index (χ4n) is 5.37. The quantitative estimate of drug-likeness (QED) is 0.0767. The molecule has 5 aromatic rings. The Bertz CT molecular complexity index is 1720. The minimum atomic E-state index is -0.173. The summed E-state index contributed by atoms with van der Waals surface area (Å²) in [6, 6.07) is 33.0. The zero-order valence-corrected chi connectivity index (χ0v) is 27.4. The van der Waals surface area contributed by atoms with Gasteiger partial charge in [0.05, 0.1) is 39.7 Å². The fraction of sp³-hybridized carbons (Fsp3) is 0.325. The first-order valence-corrected chi connectivity index (χ1v) is 16.3. The van der Waals surface area contributed by atoms with Crippen LogP contribution in [-0.4, -0.2) is 38.8 Å². The Balaban J connectivity index is 1.35. The Morgan fingerprint density at radius 3 is 1.87 bits per heavy atom. The van der Waals surface area contributed by atoms with Crippen LogP contribution in [0.5, 0.6) is 17.2 Å². The molecule has 0 radical (unpaired) electrons. The number of ether oxygens (including phenoxy) is 3. The van der Waals surface area contributed by atoms with Crippen molar-refractivity contribution in [3.8, 4) is 28.6 Å². The molecule has 0 N–H and O–H groups in total. The number of quaternary nitrogens is 1. The summed E-state index contributed by atoms with van der Waals surface area (Å²) < 4.78 is 26.1. The summed E-state index contributed by atoms with van der Waals surface area (Å²) in [7, 11) is 6.71. The Morgan fingerprint density at radius 2 is 1.20 bits per heavy atom. The first-order chi connectivity index (χ1) is 22.4. The van der Waals surface area contributed by atoms with Crippen LogP contribution in [0.25, 0.3) is 22.3 Å². The molecule has 0 atom stereocenters. The van der Waals surface area contributed by atoms with Crippen molar-refractivity contribution < 1.29 is 23.1 Å². The van der Waals surface area contributed by atoms with Crippen LogP contribution in [0.15, 0.2) is 112 Å². The number of para-hydroxylation sites is 1. The van der Waals surface area contributed by atoms with Gasteiger partial charge < -0.3 is 23.1 Å². The van der Waals surface area contributed by atoms with E-state index in [0.717, 1.165) is 34.9 Å². The summed E-state index contributed by atoms with van der Waals surface area (Å²) in [6.07, 6.45) is 6.80. The van der Waals surface area contributed by atoms with Gasteiger partial charge in [0.2, 0.25) is 11.2 Å². The maximum absolute atomic E-state index is 13.7. The van der Waals surface area contributed by atoms with E-state index in [9.17, 15) is 4.79 Å². The smallest absolute Gasteiger partial charge is 0.235 e. The summed E-state index contributed by atoms with van der Waals surface area (Å²) in [5.41, 5.74) is 3.12. The third-order valence-corrected chi connectivity index (χ3v) is 7.91. The van der Waals surface area contributed by atoms with Crippen molar-refractivity contribution in [2.75, 3.05) is 34.3 Å². The number of hydrogen-bond donors (Lipinski definition) is 0. The van der Waals surface area contributed by atoms with Crippen molar-refractivity contribution in [2.24, 2.45) is 0 Å². The van der Waals surface area contributed by atoms with Gasteiger partial charge in [-0.05, 0) is 60.7 Å². The first kappa shape index (κ1) is 32.8. The molecule has 4 aromatic carbocycles. The van der Waals surface area contributed by atoms with Crippen molar-refractivity contribution in [1.82, 2.24) is 0 Å². The Labute approximate surface area is 272 Å². The number of rotatable bonds is 17. The Hall–Kier alpha value is -4.55. The molecule has 5 rings (SSSR count). The van der Waals surface area contributed by atoms with Crippen LogP contribution < -0.4 is 19.6 Å². The van der Waals surface area contributed by atoms with Gasteiger partial charge in [-0.15, -0.1) is 0 Å². The number of nitrogens with zero attached hydrogens (tertiary/aromatic N) is 1. The molecule has 0 spiro atoms. The van der Waals surface area contributed by atoms with E-state index in [1.807, 2.05) is 97.1 Å². The largest absolute Gasteiger partial charge is 0.486 e. The van der Waals surface area contributed by atoms with Crippen LogP contribution in [0.4, 0.5) is 0 Å². The lowest BCUT2D eigenvalue weighted by Gasteiger charge is -2.23. The highest BCUT2D eigenvalue weighted by molar-refractivity contribution is 5.82. The topological polar surface area (TPSA) is 57.9 Å². The minimum Gasteiger partial charge on any atom is -0.486 e. The summed E-state index contributed by atoms with van der Waals surface area (Å²) in [5, 5.41) is 0.502. The maximum atomic E-state index is 13.7. The van der Waals surface area contributed by atoms with E-state index in [4.69, 9.17) is 18.6 Å². The average molecular weight is 621 g/mol. The van der Waals surface area contributed by atoms with Crippen LogP contribution >= 0.6 is 0 Å². The van der Waals surface area contributed by atoms with E-state index >= 15 is 0 Å². The molecule has 0 saturated heterocycles. The van der Waals surface area contributed by atoms with Crippen LogP contribution in [0.3, 0.4) is 0 Å². The van der Waals surface area contributed by atoms with Gasteiger partial charge in [0, 0.05) is 5.56 Å². The normalized spacial score (nSPS) is 11.5. The Morgan fingerprint density at radius 1 is 0.609 bits per heavy atom. The maximum Gasteiger partial charge on any atom is 0.235 e. The van der Waals surface area contributed by atoms with Crippen molar-refractivity contribution in [1.29, 1.82) is 0 Å². The summed E-state index contributed by atoms with van der Waals surface area (Å²) in [4.78, 5) is 13.7. The van der Waals surface area contributed by atoms with E-state index < -0.39 is 0 Å². The summed E-state index contributed by atoms with van der Waals surface area (Å²) in [5.74, 6) is 1.79. The highest BCUT2D eigenvalue weighted by Crippen LogP contribution is 2.38. The van der Waals surface area contributed by atoms with Gasteiger partial charge in [0.15, 0.2) is 17.3 Å². The molecule has 0 aliphatic heterocycles. The zero-order chi connectivity index (χ0) is 32.2. The predicted octanol–water partition coefficient (Wildman–Crippen LogP) is 9.04. The van der Waals surface area contributed by atoms with Crippen molar-refractivity contribution in [2.45, 2.75) is 51.7 Å². The molecule has 0 aliphatic rings. The second-order valence-electron chi connectivity index (χ2n) is 12.8. The molecule has 46 heavy (non-hydrogen) atoms. The van der Waals surface area contributed by atoms with Gasteiger partial charge in [-0.3, -0.25) is 4.79 Å². The van der Waals surface area contributed by atoms with E-state index in [1.54, 1.807) is 6.07 Å². The highest BCUT2D eigenvalue weighted by atomic mass is 16.5. The highest BCUT2D eigenvalue weighted by Gasteiger charge is 2.20. The number of fused-ring (bicyclic) bond motifs is 1. The third-order valence-electron chi connectivity index (χ3n) is 7.91. The Kier molecular flexibility index (Phi) is 11.5. The molecule has 0 saturated carbocycles. The van der Waals surface area contributed by atoms with E-state index in [1.165, 1.54) is 25.8 Å². The third kappa shape index (κ3) is 9.48. The van der Waals surface area contributed by atoms with Crippen LogP contribution in [-0.2, 0) is 13.2 Å². The molecule has 0 unspecified atom stereocenters. The van der Waals surface area contributed by atoms with Crippen LogP contribution in [0.1, 0.15) is 49.7 Å². The molecule has 1 heterocycles. The molecular weight excluding hydrogens is 574 g/mol. The molecule has 0 bridgehead atoms. The van der Waals surface area contributed by atoms with Crippen LogP contribution in [0, 0.1) is 0 Å². The molecule has 6 heteroatoms. The summed E-state index contributed by atoms with van der Waals surface area (Å²) >= 11 is 0. The molecule has 1 aromatic heterocycles. The van der Waals surface area contributed by atoms with Gasteiger partial charge >= 0.3 is 0 Å².